The number of rotatable bonds is 4. The van der Waals surface area contributed by atoms with Crippen LogP contribution < -0.4 is 9.80 Å². The van der Waals surface area contributed by atoms with E-state index in [-0.39, 0.29) is 5.91 Å². The van der Waals surface area contributed by atoms with Crippen LogP contribution >= 0.6 is 0 Å². The van der Waals surface area contributed by atoms with Crippen LogP contribution in [0.4, 0.5) is 11.6 Å². The Hall–Kier alpha value is -2.43. The smallest absolute Gasteiger partial charge is 0.227 e. The van der Waals surface area contributed by atoms with E-state index in [1.54, 1.807) is 0 Å². The summed E-state index contributed by atoms with van der Waals surface area (Å²) >= 11 is 0. The summed E-state index contributed by atoms with van der Waals surface area (Å²) in [5, 5.41) is 0. The molecule has 2 aliphatic heterocycles. The lowest BCUT2D eigenvalue weighted by Gasteiger charge is -2.18. The maximum absolute atomic E-state index is 12.4. The number of para-hydroxylation sites is 1. The fourth-order valence-electron chi connectivity index (χ4n) is 3.85. The van der Waals surface area contributed by atoms with Crippen molar-refractivity contribution < 1.29 is 4.79 Å². The molecule has 25 heavy (non-hydrogen) atoms. The highest BCUT2D eigenvalue weighted by atomic mass is 16.2. The highest BCUT2D eigenvalue weighted by Crippen LogP contribution is 2.27. The Bertz CT molecular complexity index is 756. The second-order valence-corrected chi connectivity index (χ2v) is 7.11. The summed E-state index contributed by atoms with van der Waals surface area (Å²) in [7, 11) is 0. The van der Waals surface area contributed by atoms with Gasteiger partial charge in [-0.3, -0.25) is 4.79 Å². The molecule has 2 aromatic rings. The molecule has 2 saturated heterocycles. The van der Waals surface area contributed by atoms with Crippen LogP contribution in [0.25, 0.3) is 0 Å². The van der Waals surface area contributed by atoms with E-state index >= 15 is 0 Å². The van der Waals surface area contributed by atoms with Gasteiger partial charge in [0.25, 0.3) is 0 Å². The van der Waals surface area contributed by atoms with Crippen LogP contribution in [0.15, 0.2) is 36.4 Å². The lowest BCUT2D eigenvalue weighted by atomic mass is 10.0. The van der Waals surface area contributed by atoms with Crippen LogP contribution in [0.3, 0.4) is 0 Å². The molecule has 1 aromatic carbocycles. The first-order valence-corrected chi connectivity index (χ1v) is 9.14. The molecule has 0 radical (unpaired) electrons. The van der Waals surface area contributed by atoms with Crippen LogP contribution in [0.1, 0.15) is 30.7 Å². The molecule has 1 atom stereocenters. The van der Waals surface area contributed by atoms with Gasteiger partial charge in [-0.05, 0) is 50.3 Å². The van der Waals surface area contributed by atoms with Gasteiger partial charge in [0.2, 0.25) is 11.9 Å². The van der Waals surface area contributed by atoms with E-state index in [1.807, 2.05) is 42.2 Å². The van der Waals surface area contributed by atoms with E-state index in [4.69, 9.17) is 4.98 Å². The van der Waals surface area contributed by atoms with Crippen molar-refractivity contribution in [3.8, 4) is 0 Å². The molecule has 4 rings (SSSR count). The number of anilines is 2. The van der Waals surface area contributed by atoms with Gasteiger partial charge in [-0.15, -0.1) is 0 Å². The zero-order chi connectivity index (χ0) is 17.2. The number of carbonyl (C=O) groups excluding carboxylic acids is 1. The topological polar surface area (TPSA) is 49.3 Å². The molecule has 5 heteroatoms. The first-order valence-electron chi connectivity index (χ1n) is 9.14. The third-order valence-corrected chi connectivity index (χ3v) is 5.06. The van der Waals surface area contributed by atoms with Gasteiger partial charge < -0.3 is 9.80 Å². The molecule has 5 nitrogen and oxygen atoms in total. The lowest BCUT2D eigenvalue weighted by Crippen LogP contribution is -2.24. The minimum absolute atomic E-state index is 0.210. The fraction of sp³-hybridized carbons (Fsp3) is 0.450. The number of hydrogen-bond acceptors (Lipinski definition) is 4. The van der Waals surface area contributed by atoms with Gasteiger partial charge in [-0.1, -0.05) is 18.2 Å². The number of nitrogens with zero attached hydrogens (tertiary/aromatic N) is 4. The number of carbonyl (C=O) groups is 1. The molecule has 0 aliphatic carbocycles. The Morgan fingerprint density at radius 3 is 2.64 bits per heavy atom. The molecule has 0 bridgehead atoms. The average Bonchev–Trinajstić information content (AvgIpc) is 3.25. The van der Waals surface area contributed by atoms with E-state index < -0.39 is 0 Å². The first kappa shape index (κ1) is 16.1. The number of benzene rings is 1. The summed E-state index contributed by atoms with van der Waals surface area (Å²) in [6, 6.07) is 12.0. The van der Waals surface area contributed by atoms with Gasteiger partial charge in [0.15, 0.2) is 0 Å². The Labute approximate surface area is 148 Å². The normalized spacial score (nSPS) is 20.5. The van der Waals surface area contributed by atoms with Crippen LogP contribution in [0.5, 0.6) is 0 Å². The van der Waals surface area contributed by atoms with E-state index in [2.05, 4.69) is 16.0 Å². The standard InChI is InChI=1S/C20H24N4O/c1-15-11-17(22-20(21-15)23-9-5-6-10-23)12-16-13-19(25)24(14-16)18-7-3-2-4-8-18/h2-4,7-8,11,16H,5-6,9-10,12-14H2,1H3. The molecule has 2 fully saturated rings. The molecule has 0 N–H and O–H groups in total. The summed E-state index contributed by atoms with van der Waals surface area (Å²) in [4.78, 5) is 26.0. The lowest BCUT2D eigenvalue weighted by molar-refractivity contribution is -0.117. The van der Waals surface area contributed by atoms with Crippen molar-refractivity contribution in [3.63, 3.8) is 0 Å². The summed E-state index contributed by atoms with van der Waals surface area (Å²) < 4.78 is 0. The maximum Gasteiger partial charge on any atom is 0.227 e. The third-order valence-electron chi connectivity index (χ3n) is 5.06. The third kappa shape index (κ3) is 3.50. The molecular formula is C20H24N4O. The zero-order valence-electron chi connectivity index (χ0n) is 14.7. The highest BCUT2D eigenvalue weighted by Gasteiger charge is 2.31. The van der Waals surface area contributed by atoms with Crippen LogP contribution in [0, 0.1) is 12.8 Å². The van der Waals surface area contributed by atoms with Gasteiger partial charge in [0.1, 0.15) is 0 Å². The molecule has 1 unspecified atom stereocenters. The van der Waals surface area contributed by atoms with Crippen LogP contribution in [0.2, 0.25) is 0 Å². The van der Waals surface area contributed by atoms with Gasteiger partial charge in [0.05, 0.1) is 0 Å². The molecule has 1 aromatic heterocycles. The van der Waals surface area contributed by atoms with Gasteiger partial charge in [-0.25, -0.2) is 9.97 Å². The van der Waals surface area contributed by atoms with Crippen molar-refractivity contribution in [2.45, 2.75) is 32.6 Å². The van der Waals surface area contributed by atoms with Gasteiger partial charge in [0, 0.05) is 43.1 Å². The summed E-state index contributed by atoms with van der Waals surface area (Å²) in [6.07, 6.45) is 3.86. The van der Waals surface area contributed by atoms with Crippen molar-refractivity contribution in [1.29, 1.82) is 0 Å². The molecule has 1 amide bonds. The van der Waals surface area contributed by atoms with Gasteiger partial charge in [-0.2, -0.15) is 0 Å². The number of aromatic nitrogens is 2. The largest absolute Gasteiger partial charge is 0.341 e. The van der Waals surface area contributed by atoms with Crippen molar-refractivity contribution in [3.05, 3.63) is 47.8 Å². The summed E-state index contributed by atoms with van der Waals surface area (Å²) in [6.45, 7) is 4.89. The quantitative estimate of drug-likeness (QED) is 0.861. The van der Waals surface area contributed by atoms with Gasteiger partial charge >= 0.3 is 0 Å². The molecule has 2 aliphatic rings. The Kier molecular flexibility index (Phi) is 4.38. The number of amides is 1. The minimum atomic E-state index is 0.210. The van der Waals surface area contributed by atoms with Crippen molar-refractivity contribution in [2.75, 3.05) is 29.4 Å². The predicted molar refractivity (Wildman–Crippen MR) is 98.8 cm³/mol. The summed E-state index contributed by atoms with van der Waals surface area (Å²) in [5.74, 6) is 1.38. The van der Waals surface area contributed by atoms with E-state index in [0.29, 0.717) is 12.3 Å². The Balaban J connectivity index is 1.48. The van der Waals surface area contributed by atoms with Crippen molar-refractivity contribution >= 4 is 17.5 Å². The SMILES string of the molecule is Cc1cc(CC2CC(=O)N(c3ccccc3)C2)nc(N2CCCC2)n1. The molecule has 3 heterocycles. The number of hydrogen-bond donors (Lipinski definition) is 0. The second kappa shape index (κ2) is 6.82. The zero-order valence-corrected chi connectivity index (χ0v) is 14.7. The maximum atomic E-state index is 12.4. The molecule has 0 spiro atoms. The fourth-order valence-corrected chi connectivity index (χ4v) is 3.85. The Morgan fingerprint density at radius 2 is 1.88 bits per heavy atom. The molecule has 130 valence electrons. The first-order chi connectivity index (χ1) is 12.2. The highest BCUT2D eigenvalue weighted by molar-refractivity contribution is 5.95. The van der Waals surface area contributed by atoms with E-state index in [1.165, 1.54) is 12.8 Å². The average molecular weight is 336 g/mol. The number of aryl methyl sites for hydroxylation is 1. The molecular weight excluding hydrogens is 312 g/mol. The van der Waals surface area contributed by atoms with Crippen LogP contribution in [-0.2, 0) is 11.2 Å². The van der Waals surface area contributed by atoms with Crippen LogP contribution in [-0.4, -0.2) is 35.5 Å². The molecule has 0 saturated carbocycles. The second-order valence-electron chi connectivity index (χ2n) is 7.11. The summed E-state index contributed by atoms with van der Waals surface area (Å²) in [5.41, 5.74) is 3.06. The monoisotopic (exact) mass is 336 g/mol. The van der Waals surface area contributed by atoms with Crippen molar-refractivity contribution in [2.24, 2.45) is 5.92 Å². The van der Waals surface area contributed by atoms with E-state index in [0.717, 1.165) is 49.1 Å². The van der Waals surface area contributed by atoms with Crippen molar-refractivity contribution in [1.82, 2.24) is 9.97 Å². The minimum Gasteiger partial charge on any atom is -0.341 e. The van der Waals surface area contributed by atoms with E-state index in [9.17, 15) is 4.79 Å². The Morgan fingerprint density at radius 1 is 1.12 bits per heavy atom. The predicted octanol–water partition coefficient (Wildman–Crippen LogP) is 2.98.